The minimum absolute atomic E-state index is 0.230. The molecular weight excluding hydrogens is 380 g/mol. The predicted octanol–water partition coefficient (Wildman–Crippen LogP) is 4.39. The van der Waals surface area contributed by atoms with E-state index in [0.717, 1.165) is 16.8 Å². The van der Waals surface area contributed by atoms with Crippen LogP contribution in [0.15, 0.2) is 58.5 Å². The molecule has 1 aromatic carbocycles. The largest absolute Gasteiger partial charge is 0.434 e. The van der Waals surface area contributed by atoms with E-state index in [1.165, 1.54) is 11.3 Å². The Bertz CT molecular complexity index is 1100. The molecule has 0 fully saturated rings. The van der Waals surface area contributed by atoms with E-state index in [4.69, 9.17) is 16.6 Å². The first-order valence-electron chi connectivity index (χ1n) is 8.09. The number of anilines is 1. The van der Waals surface area contributed by atoms with E-state index in [2.05, 4.69) is 20.6 Å². The molecule has 0 unspecified atom stereocenters. The number of nitrogens with one attached hydrogen (secondary N) is 2. The third kappa shape index (κ3) is 3.57. The molecule has 0 bridgehead atoms. The number of fused-ring (bicyclic) bond motifs is 1. The highest BCUT2D eigenvalue weighted by molar-refractivity contribution is 7.80. The number of hydrogen-bond acceptors (Lipinski definition) is 6. The molecule has 0 aliphatic heterocycles. The van der Waals surface area contributed by atoms with Crippen molar-refractivity contribution in [2.75, 3.05) is 5.32 Å². The number of hydrogen-bond donors (Lipinski definition) is 2. The highest BCUT2D eigenvalue weighted by atomic mass is 32.1. The maximum absolute atomic E-state index is 12.1. The molecule has 4 rings (SSSR count). The van der Waals surface area contributed by atoms with Crippen LogP contribution in [0.3, 0.4) is 0 Å². The van der Waals surface area contributed by atoms with Gasteiger partial charge in [0.05, 0.1) is 4.88 Å². The van der Waals surface area contributed by atoms with Crippen LogP contribution in [0, 0.1) is 6.92 Å². The van der Waals surface area contributed by atoms with Crippen molar-refractivity contribution in [2.24, 2.45) is 0 Å². The van der Waals surface area contributed by atoms with E-state index in [-0.39, 0.29) is 11.0 Å². The zero-order valence-corrected chi connectivity index (χ0v) is 15.9. The van der Waals surface area contributed by atoms with Gasteiger partial charge in [-0.2, -0.15) is 4.98 Å². The van der Waals surface area contributed by atoms with Gasteiger partial charge in [-0.05, 0) is 60.4 Å². The van der Waals surface area contributed by atoms with Gasteiger partial charge in [0.15, 0.2) is 16.3 Å². The fraction of sp³-hybridized carbons (Fsp3) is 0.0526. The van der Waals surface area contributed by atoms with E-state index in [1.54, 1.807) is 18.3 Å². The Kier molecular flexibility index (Phi) is 4.66. The second-order valence-corrected chi connectivity index (χ2v) is 7.06. The lowest BCUT2D eigenvalue weighted by Gasteiger charge is -2.13. The quantitative estimate of drug-likeness (QED) is 0.502. The van der Waals surface area contributed by atoms with Crippen molar-refractivity contribution in [3.63, 3.8) is 0 Å². The number of thiophene rings is 1. The maximum atomic E-state index is 12.1. The Labute approximate surface area is 164 Å². The van der Waals surface area contributed by atoms with Gasteiger partial charge in [0, 0.05) is 17.4 Å². The Balaban J connectivity index is 1.56. The van der Waals surface area contributed by atoms with Crippen LogP contribution in [0.2, 0.25) is 0 Å². The van der Waals surface area contributed by atoms with Crippen molar-refractivity contribution in [2.45, 2.75) is 6.92 Å². The molecule has 0 spiro atoms. The van der Waals surface area contributed by atoms with Crippen molar-refractivity contribution in [3.05, 3.63) is 64.5 Å². The maximum Gasteiger partial charge on any atom is 0.267 e. The molecule has 134 valence electrons. The van der Waals surface area contributed by atoms with Crippen molar-refractivity contribution in [3.8, 4) is 11.5 Å². The van der Waals surface area contributed by atoms with E-state index >= 15 is 0 Å². The molecule has 0 saturated heterocycles. The van der Waals surface area contributed by atoms with Crippen LogP contribution in [0.4, 0.5) is 5.69 Å². The number of pyridine rings is 1. The number of oxazole rings is 1. The van der Waals surface area contributed by atoms with E-state index in [1.807, 2.05) is 42.6 Å². The van der Waals surface area contributed by atoms with Gasteiger partial charge < -0.3 is 9.73 Å². The topological polar surface area (TPSA) is 80.0 Å². The lowest BCUT2D eigenvalue weighted by Crippen LogP contribution is -2.33. The van der Waals surface area contributed by atoms with Crippen LogP contribution in [0.5, 0.6) is 0 Å². The summed E-state index contributed by atoms with van der Waals surface area (Å²) in [6, 6.07) is 12.9. The monoisotopic (exact) mass is 394 g/mol. The van der Waals surface area contributed by atoms with Gasteiger partial charge in [-0.15, -0.1) is 11.3 Å². The Morgan fingerprint density at radius 1 is 1.19 bits per heavy atom. The molecule has 0 aliphatic rings. The highest BCUT2D eigenvalue weighted by Crippen LogP contribution is 2.29. The smallest absolute Gasteiger partial charge is 0.267 e. The van der Waals surface area contributed by atoms with Crippen molar-refractivity contribution in [1.29, 1.82) is 0 Å². The molecule has 6 nitrogen and oxygen atoms in total. The molecule has 0 aliphatic carbocycles. The van der Waals surface area contributed by atoms with Gasteiger partial charge in [0.1, 0.15) is 0 Å². The Morgan fingerprint density at radius 3 is 2.85 bits per heavy atom. The second-order valence-electron chi connectivity index (χ2n) is 5.71. The molecular formula is C19H14N4O2S2. The molecule has 0 saturated carbocycles. The summed E-state index contributed by atoms with van der Waals surface area (Å²) in [7, 11) is 0. The van der Waals surface area contributed by atoms with Gasteiger partial charge >= 0.3 is 0 Å². The SMILES string of the molecule is Cc1c(NC(=S)NC(=O)c2cccs2)cccc1-c1nc2ncccc2o1. The molecule has 8 heteroatoms. The highest BCUT2D eigenvalue weighted by Gasteiger charge is 2.15. The zero-order chi connectivity index (χ0) is 18.8. The number of nitrogens with zero attached hydrogens (tertiary/aromatic N) is 2. The first-order valence-corrected chi connectivity index (χ1v) is 9.38. The third-order valence-electron chi connectivity index (χ3n) is 3.95. The summed E-state index contributed by atoms with van der Waals surface area (Å²) in [5.74, 6) is 0.250. The first kappa shape index (κ1) is 17.3. The lowest BCUT2D eigenvalue weighted by molar-refractivity contribution is 0.0981. The second kappa shape index (κ2) is 7.26. The first-order chi connectivity index (χ1) is 13.1. The van der Waals surface area contributed by atoms with Crippen LogP contribution < -0.4 is 10.6 Å². The summed E-state index contributed by atoms with van der Waals surface area (Å²) in [5.41, 5.74) is 3.68. The Hall–Kier alpha value is -3.10. The van der Waals surface area contributed by atoms with Gasteiger partial charge in [-0.25, -0.2) is 4.98 Å². The number of rotatable bonds is 3. The summed E-state index contributed by atoms with van der Waals surface area (Å²) < 4.78 is 5.81. The van der Waals surface area contributed by atoms with Crippen molar-refractivity contribution >= 4 is 51.5 Å². The summed E-state index contributed by atoms with van der Waals surface area (Å²) in [6.07, 6.45) is 1.67. The summed E-state index contributed by atoms with van der Waals surface area (Å²) >= 11 is 6.63. The lowest BCUT2D eigenvalue weighted by atomic mass is 10.1. The van der Waals surface area contributed by atoms with Gasteiger partial charge in [0.2, 0.25) is 5.89 Å². The molecule has 4 aromatic rings. The standard InChI is InChI=1S/C19H14N4O2S2/c1-11-12(18-22-16-14(25-18)7-3-9-20-16)5-2-6-13(11)21-19(26)23-17(24)15-8-4-10-27-15/h2-10H,1H3,(H2,21,23,24,26). The number of aromatic nitrogens is 2. The summed E-state index contributed by atoms with van der Waals surface area (Å²) in [5, 5.41) is 7.82. The van der Waals surface area contributed by atoms with Crippen LogP contribution in [-0.4, -0.2) is 21.0 Å². The van der Waals surface area contributed by atoms with Gasteiger partial charge in [-0.3, -0.25) is 10.1 Å². The fourth-order valence-electron chi connectivity index (χ4n) is 2.61. The van der Waals surface area contributed by atoms with Crippen LogP contribution in [0.1, 0.15) is 15.2 Å². The van der Waals surface area contributed by atoms with Crippen LogP contribution >= 0.6 is 23.6 Å². The summed E-state index contributed by atoms with van der Waals surface area (Å²) in [6.45, 7) is 1.93. The average Bonchev–Trinajstić information content (AvgIpc) is 3.33. The number of carbonyl (C=O) groups excluding carboxylic acids is 1. The zero-order valence-electron chi connectivity index (χ0n) is 14.2. The molecule has 0 atom stereocenters. The van der Waals surface area contributed by atoms with Gasteiger partial charge in [-0.1, -0.05) is 12.1 Å². The van der Waals surface area contributed by atoms with E-state index < -0.39 is 0 Å². The number of amides is 1. The number of benzene rings is 1. The fourth-order valence-corrected chi connectivity index (χ4v) is 3.43. The molecule has 0 radical (unpaired) electrons. The van der Waals surface area contributed by atoms with E-state index in [0.29, 0.717) is 22.0 Å². The minimum Gasteiger partial charge on any atom is -0.434 e. The number of carbonyl (C=O) groups is 1. The van der Waals surface area contributed by atoms with Crippen LogP contribution in [-0.2, 0) is 0 Å². The van der Waals surface area contributed by atoms with Crippen molar-refractivity contribution < 1.29 is 9.21 Å². The van der Waals surface area contributed by atoms with Gasteiger partial charge in [0.25, 0.3) is 5.91 Å². The number of thiocarbonyl (C=S) groups is 1. The Morgan fingerprint density at radius 2 is 2.07 bits per heavy atom. The molecule has 3 aromatic heterocycles. The normalized spacial score (nSPS) is 10.7. The molecule has 1 amide bonds. The van der Waals surface area contributed by atoms with E-state index in [9.17, 15) is 4.79 Å². The molecule has 3 heterocycles. The predicted molar refractivity (Wildman–Crippen MR) is 110 cm³/mol. The molecule has 2 N–H and O–H groups in total. The average molecular weight is 394 g/mol. The minimum atomic E-state index is -0.235. The van der Waals surface area contributed by atoms with Crippen molar-refractivity contribution in [1.82, 2.24) is 15.3 Å². The summed E-state index contributed by atoms with van der Waals surface area (Å²) in [4.78, 5) is 21.4. The van der Waals surface area contributed by atoms with Crippen LogP contribution in [0.25, 0.3) is 22.7 Å². The third-order valence-corrected chi connectivity index (χ3v) is 5.02. The molecule has 27 heavy (non-hydrogen) atoms.